The molecule has 1 aromatic carbocycles. The highest BCUT2D eigenvalue weighted by Crippen LogP contribution is 2.19. The Morgan fingerprint density at radius 1 is 1.47 bits per heavy atom. The molecule has 1 amide bonds. The number of amides is 1. The quantitative estimate of drug-likeness (QED) is 0.726. The Hall–Kier alpha value is -0.820. The van der Waals surface area contributed by atoms with Gasteiger partial charge in [-0.25, -0.2) is 4.79 Å². The van der Waals surface area contributed by atoms with Crippen LogP contribution < -0.4 is 5.32 Å². The highest BCUT2D eigenvalue weighted by Gasteiger charge is 2.20. The molecule has 0 aromatic heterocycles. The summed E-state index contributed by atoms with van der Waals surface area (Å²) in [6.45, 7) is 1.97. The number of hydrogen-bond acceptors (Lipinski definition) is 2. The molecule has 1 atom stereocenters. The maximum atomic E-state index is 12.0. The van der Waals surface area contributed by atoms with Gasteiger partial charge in [-0.1, -0.05) is 31.4 Å². The predicted molar refractivity (Wildman–Crippen MR) is 82.6 cm³/mol. The van der Waals surface area contributed by atoms with E-state index in [0.717, 1.165) is 16.4 Å². The molecule has 1 unspecified atom stereocenters. The standard InChI is InChI=1S/C13H15ClINO3/c1-2-3-4-11(13(18)19)16-12(17)8-5-6-10(15)9(14)7-8/h5-7,11H,2-4H2,1H3,(H,16,17)(H,18,19). The number of carbonyl (C=O) groups is 2. The maximum absolute atomic E-state index is 12.0. The molecule has 6 heteroatoms. The molecule has 0 spiro atoms. The largest absolute Gasteiger partial charge is 0.480 e. The van der Waals surface area contributed by atoms with Gasteiger partial charge in [-0.15, -0.1) is 0 Å². The molecule has 1 aromatic rings. The number of nitrogens with one attached hydrogen (secondary N) is 1. The summed E-state index contributed by atoms with van der Waals surface area (Å²) in [6.07, 6.45) is 2.06. The maximum Gasteiger partial charge on any atom is 0.326 e. The lowest BCUT2D eigenvalue weighted by molar-refractivity contribution is -0.139. The lowest BCUT2D eigenvalue weighted by Gasteiger charge is -2.14. The topological polar surface area (TPSA) is 66.4 Å². The van der Waals surface area contributed by atoms with Gasteiger partial charge in [0.1, 0.15) is 6.04 Å². The van der Waals surface area contributed by atoms with Gasteiger partial charge in [0.2, 0.25) is 0 Å². The van der Waals surface area contributed by atoms with Crippen LogP contribution in [0, 0.1) is 3.57 Å². The average Bonchev–Trinajstić information content (AvgIpc) is 2.37. The average molecular weight is 396 g/mol. The molecule has 0 aliphatic rings. The summed E-state index contributed by atoms with van der Waals surface area (Å²) >= 11 is 8.00. The zero-order chi connectivity index (χ0) is 14.4. The Bertz CT molecular complexity index is 479. The third-order valence-electron chi connectivity index (χ3n) is 2.63. The van der Waals surface area contributed by atoms with E-state index in [1.54, 1.807) is 12.1 Å². The second-order valence-electron chi connectivity index (χ2n) is 4.14. The first-order chi connectivity index (χ1) is 8.95. The molecule has 0 heterocycles. The van der Waals surface area contributed by atoms with Crippen molar-refractivity contribution in [1.82, 2.24) is 5.32 Å². The molecular formula is C13H15ClINO3. The van der Waals surface area contributed by atoms with Crippen molar-refractivity contribution in [1.29, 1.82) is 0 Å². The molecule has 0 aliphatic carbocycles. The van der Waals surface area contributed by atoms with Gasteiger partial charge in [-0.3, -0.25) is 4.79 Å². The van der Waals surface area contributed by atoms with Gasteiger partial charge in [0.15, 0.2) is 0 Å². The zero-order valence-electron chi connectivity index (χ0n) is 10.5. The Morgan fingerprint density at radius 2 is 2.16 bits per heavy atom. The second-order valence-corrected chi connectivity index (χ2v) is 5.70. The molecule has 0 saturated carbocycles. The molecule has 0 fully saturated rings. The number of hydrogen-bond donors (Lipinski definition) is 2. The number of carboxylic acid groups (broad SMARTS) is 1. The number of benzene rings is 1. The molecule has 0 aliphatic heterocycles. The van der Waals surface area contributed by atoms with Crippen LogP contribution in [0.1, 0.15) is 36.5 Å². The van der Waals surface area contributed by atoms with E-state index in [1.165, 1.54) is 6.07 Å². The van der Waals surface area contributed by atoms with E-state index in [0.29, 0.717) is 17.0 Å². The molecule has 1 rings (SSSR count). The van der Waals surface area contributed by atoms with E-state index in [1.807, 2.05) is 6.92 Å². The Balaban J connectivity index is 2.75. The first-order valence-corrected chi connectivity index (χ1v) is 7.40. The molecular weight excluding hydrogens is 381 g/mol. The fourth-order valence-electron chi connectivity index (χ4n) is 1.54. The predicted octanol–water partition coefficient (Wildman–Crippen LogP) is 3.32. The van der Waals surface area contributed by atoms with Gasteiger partial charge < -0.3 is 10.4 Å². The lowest BCUT2D eigenvalue weighted by atomic mass is 10.1. The summed E-state index contributed by atoms with van der Waals surface area (Å²) < 4.78 is 0.844. The second kappa shape index (κ2) is 7.69. The molecule has 0 bridgehead atoms. The van der Waals surface area contributed by atoms with Crippen LogP contribution in [0.25, 0.3) is 0 Å². The number of rotatable bonds is 6. The number of aliphatic carboxylic acids is 1. The molecule has 2 N–H and O–H groups in total. The third-order valence-corrected chi connectivity index (χ3v) is 4.20. The highest BCUT2D eigenvalue weighted by atomic mass is 127. The van der Waals surface area contributed by atoms with Crippen LogP contribution in [0.2, 0.25) is 5.02 Å². The summed E-state index contributed by atoms with van der Waals surface area (Å²) in [5.74, 6) is -1.43. The van der Waals surface area contributed by atoms with Gasteiger partial charge in [-0.2, -0.15) is 0 Å². The fourth-order valence-corrected chi connectivity index (χ4v) is 2.06. The summed E-state index contributed by atoms with van der Waals surface area (Å²) in [4.78, 5) is 23.0. The molecule has 0 radical (unpaired) electrons. The summed E-state index contributed by atoms with van der Waals surface area (Å²) in [7, 11) is 0. The number of carboxylic acids is 1. The van der Waals surface area contributed by atoms with E-state index < -0.39 is 17.9 Å². The van der Waals surface area contributed by atoms with Gasteiger partial charge in [0, 0.05) is 9.13 Å². The van der Waals surface area contributed by atoms with Crippen molar-refractivity contribution in [2.24, 2.45) is 0 Å². The Labute approximate surface area is 130 Å². The van der Waals surface area contributed by atoms with E-state index >= 15 is 0 Å². The van der Waals surface area contributed by atoms with Crippen molar-refractivity contribution < 1.29 is 14.7 Å². The smallest absolute Gasteiger partial charge is 0.326 e. The van der Waals surface area contributed by atoms with E-state index in [-0.39, 0.29) is 0 Å². The fraction of sp³-hybridized carbons (Fsp3) is 0.385. The summed E-state index contributed by atoms with van der Waals surface area (Å²) in [5, 5.41) is 12.0. The van der Waals surface area contributed by atoms with Crippen LogP contribution in [-0.2, 0) is 4.79 Å². The van der Waals surface area contributed by atoms with Crippen LogP contribution in [0.3, 0.4) is 0 Å². The molecule has 19 heavy (non-hydrogen) atoms. The molecule has 104 valence electrons. The van der Waals surface area contributed by atoms with Crippen LogP contribution in [-0.4, -0.2) is 23.0 Å². The minimum Gasteiger partial charge on any atom is -0.480 e. The van der Waals surface area contributed by atoms with Crippen molar-refractivity contribution in [2.45, 2.75) is 32.2 Å². The first kappa shape index (κ1) is 16.2. The van der Waals surface area contributed by atoms with Crippen molar-refractivity contribution in [3.63, 3.8) is 0 Å². The van der Waals surface area contributed by atoms with Crippen molar-refractivity contribution >= 4 is 46.1 Å². The third kappa shape index (κ3) is 4.99. The minimum atomic E-state index is -1.02. The van der Waals surface area contributed by atoms with Gasteiger partial charge in [-0.05, 0) is 47.2 Å². The lowest BCUT2D eigenvalue weighted by Crippen LogP contribution is -2.40. The van der Waals surface area contributed by atoms with Crippen LogP contribution in [0.15, 0.2) is 18.2 Å². The van der Waals surface area contributed by atoms with Gasteiger partial charge >= 0.3 is 5.97 Å². The summed E-state index contributed by atoms with van der Waals surface area (Å²) in [5.41, 5.74) is 0.369. The minimum absolute atomic E-state index is 0.369. The zero-order valence-corrected chi connectivity index (χ0v) is 13.4. The first-order valence-electron chi connectivity index (χ1n) is 5.94. The molecule has 0 saturated heterocycles. The van der Waals surface area contributed by atoms with E-state index in [4.69, 9.17) is 16.7 Å². The SMILES string of the molecule is CCCCC(NC(=O)c1ccc(I)c(Cl)c1)C(=O)O. The Kier molecular flexibility index (Phi) is 6.57. The van der Waals surface area contributed by atoms with Crippen molar-refractivity contribution in [2.75, 3.05) is 0 Å². The normalized spacial score (nSPS) is 11.9. The Morgan fingerprint density at radius 3 is 2.68 bits per heavy atom. The van der Waals surface area contributed by atoms with Crippen molar-refractivity contribution in [3.05, 3.63) is 32.4 Å². The van der Waals surface area contributed by atoms with E-state index in [2.05, 4.69) is 27.9 Å². The van der Waals surface area contributed by atoms with Crippen LogP contribution >= 0.6 is 34.2 Å². The van der Waals surface area contributed by atoms with E-state index in [9.17, 15) is 9.59 Å². The molecule has 4 nitrogen and oxygen atoms in total. The van der Waals surface area contributed by atoms with Crippen LogP contribution in [0.5, 0.6) is 0 Å². The number of unbranched alkanes of at least 4 members (excludes halogenated alkanes) is 1. The van der Waals surface area contributed by atoms with Crippen molar-refractivity contribution in [3.8, 4) is 0 Å². The van der Waals surface area contributed by atoms with Crippen LogP contribution in [0.4, 0.5) is 0 Å². The monoisotopic (exact) mass is 395 g/mol. The summed E-state index contributed by atoms with van der Waals surface area (Å²) in [6, 6.07) is 4.03. The van der Waals surface area contributed by atoms with Gasteiger partial charge in [0.25, 0.3) is 5.91 Å². The number of halogens is 2. The highest BCUT2D eigenvalue weighted by molar-refractivity contribution is 14.1. The number of carbonyl (C=O) groups excluding carboxylic acids is 1. The van der Waals surface area contributed by atoms with Gasteiger partial charge in [0.05, 0.1) is 5.02 Å².